The molecule has 1 atom stereocenters. The maximum absolute atomic E-state index is 13.1. The number of hydrogen-bond acceptors (Lipinski definition) is 3. The Bertz CT molecular complexity index is 828. The molecule has 0 aliphatic carbocycles. The van der Waals surface area contributed by atoms with Gasteiger partial charge in [-0.15, -0.1) is 0 Å². The van der Waals surface area contributed by atoms with Gasteiger partial charge < -0.3 is 14.6 Å². The number of aromatic nitrogens is 2. The number of β-amino-alcohol motifs (C(OH)–C–C–N with tert-alkyl or cyclic N) is 1. The van der Waals surface area contributed by atoms with Gasteiger partial charge in [0.25, 0.3) is 0 Å². The Morgan fingerprint density at radius 1 is 1.13 bits per heavy atom. The van der Waals surface area contributed by atoms with Crippen molar-refractivity contribution < 1.29 is 9.50 Å². The van der Waals surface area contributed by atoms with Crippen molar-refractivity contribution in [3.8, 4) is 0 Å². The lowest BCUT2D eigenvalue weighted by Gasteiger charge is -2.19. The lowest BCUT2D eigenvalue weighted by molar-refractivity contribution is 0.198. The van der Waals surface area contributed by atoms with E-state index in [1.807, 2.05) is 24.3 Å². The topological polar surface area (TPSA) is 41.3 Å². The zero-order chi connectivity index (χ0) is 15.8. The largest absolute Gasteiger partial charge is 0.391 e. The van der Waals surface area contributed by atoms with Crippen LogP contribution >= 0.6 is 0 Å². The Balaban J connectivity index is 1.77. The summed E-state index contributed by atoms with van der Waals surface area (Å²) in [6.45, 7) is 2.03. The molecule has 23 heavy (non-hydrogen) atoms. The lowest BCUT2D eigenvalue weighted by Crippen LogP contribution is -2.25. The van der Waals surface area contributed by atoms with Gasteiger partial charge in [0, 0.05) is 13.1 Å². The second-order valence-corrected chi connectivity index (χ2v) is 6.00. The molecular weight excluding hydrogens is 293 g/mol. The van der Waals surface area contributed by atoms with Crippen LogP contribution in [-0.4, -0.2) is 33.9 Å². The van der Waals surface area contributed by atoms with Crippen molar-refractivity contribution in [2.45, 2.75) is 19.1 Å². The van der Waals surface area contributed by atoms with E-state index < -0.39 is 0 Å². The third kappa shape index (κ3) is 2.68. The molecule has 4 nitrogen and oxygen atoms in total. The van der Waals surface area contributed by atoms with Gasteiger partial charge in [-0.1, -0.05) is 24.3 Å². The summed E-state index contributed by atoms with van der Waals surface area (Å²) in [5.74, 6) is 0.638. The predicted molar refractivity (Wildman–Crippen MR) is 88.1 cm³/mol. The summed E-state index contributed by atoms with van der Waals surface area (Å²) in [5, 5.41) is 9.83. The number of nitrogens with zero attached hydrogens (tertiary/aromatic N) is 3. The van der Waals surface area contributed by atoms with Crippen molar-refractivity contribution >= 4 is 17.0 Å². The summed E-state index contributed by atoms with van der Waals surface area (Å²) in [6.07, 6.45) is 0.466. The first-order chi connectivity index (χ1) is 11.2. The Kier molecular flexibility index (Phi) is 3.50. The van der Waals surface area contributed by atoms with Gasteiger partial charge in [-0.3, -0.25) is 0 Å². The molecule has 1 saturated heterocycles. The molecule has 0 bridgehead atoms. The van der Waals surface area contributed by atoms with Crippen LogP contribution in [0.3, 0.4) is 0 Å². The van der Waals surface area contributed by atoms with E-state index in [9.17, 15) is 9.50 Å². The number of fused-ring (bicyclic) bond motifs is 1. The Morgan fingerprint density at radius 3 is 2.65 bits per heavy atom. The molecule has 0 saturated carbocycles. The number of para-hydroxylation sites is 2. The van der Waals surface area contributed by atoms with Crippen LogP contribution in [0.4, 0.5) is 10.3 Å². The van der Waals surface area contributed by atoms with Gasteiger partial charge in [0.15, 0.2) is 0 Å². The second-order valence-electron chi connectivity index (χ2n) is 6.00. The minimum absolute atomic E-state index is 0.230. The number of aliphatic hydroxyl groups excluding tert-OH is 1. The highest BCUT2D eigenvalue weighted by molar-refractivity contribution is 5.79. The average molecular weight is 311 g/mol. The van der Waals surface area contributed by atoms with Crippen molar-refractivity contribution in [3.63, 3.8) is 0 Å². The van der Waals surface area contributed by atoms with Crippen LogP contribution in [0.25, 0.3) is 11.0 Å². The van der Waals surface area contributed by atoms with Crippen molar-refractivity contribution in [2.24, 2.45) is 0 Å². The Labute approximate surface area is 133 Å². The summed E-state index contributed by atoms with van der Waals surface area (Å²) in [4.78, 5) is 6.87. The summed E-state index contributed by atoms with van der Waals surface area (Å²) in [6, 6.07) is 14.6. The van der Waals surface area contributed by atoms with Crippen LogP contribution in [0.5, 0.6) is 0 Å². The van der Waals surface area contributed by atoms with Crippen LogP contribution in [0, 0.1) is 5.82 Å². The van der Waals surface area contributed by atoms with Crippen LogP contribution in [0.2, 0.25) is 0 Å². The zero-order valence-electron chi connectivity index (χ0n) is 12.7. The maximum Gasteiger partial charge on any atom is 0.206 e. The normalized spacial score (nSPS) is 18.0. The molecule has 1 aliphatic rings. The number of halogens is 1. The van der Waals surface area contributed by atoms with E-state index in [4.69, 9.17) is 4.98 Å². The van der Waals surface area contributed by atoms with Gasteiger partial charge in [0.1, 0.15) is 5.82 Å². The van der Waals surface area contributed by atoms with Gasteiger partial charge in [-0.05, 0) is 36.2 Å². The third-order valence-electron chi connectivity index (χ3n) is 4.33. The van der Waals surface area contributed by atoms with Crippen LogP contribution < -0.4 is 4.90 Å². The van der Waals surface area contributed by atoms with Crippen molar-refractivity contribution in [3.05, 3.63) is 59.9 Å². The van der Waals surface area contributed by atoms with Crippen molar-refractivity contribution in [1.82, 2.24) is 9.55 Å². The summed E-state index contributed by atoms with van der Waals surface area (Å²) < 4.78 is 15.3. The highest BCUT2D eigenvalue weighted by atomic mass is 19.1. The van der Waals surface area contributed by atoms with Gasteiger partial charge in [0.05, 0.1) is 23.7 Å². The van der Waals surface area contributed by atoms with Crippen LogP contribution in [-0.2, 0) is 6.54 Å². The van der Waals surface area contributed by atoms with E-state index >= 15 is 0 Å². The molecule has 4 rings (SSSR count). The van der Waals surface area contributed by atoms with E-state index in [0.29, 0.717) is 13.1 Å². The molecule has 2 aromatic carbocycles. The predicted octanol–water partition coefficient (Wildman–Crippen LogP) is 2.79. The number of imidazole rings is 1. The molecule has 0 unspecified atom stereocenters. The molecule has 1 aromatic heterocycles. The second kappa shape index (κ2) is 5.66. The fourth-order valence-electron chi connectivity index (χ4n) is 3.16. The van der Waals surface area contributed by atoms with Gasteiger partial charge >= 0.3 is 0 Å². The number of anilines is 1. The molecule has 118 valence electrons. The number of benzene rings is 2. The standard InChI is InChI=1S/C18H18FN3O/c19-14-7-5-13(6-8-14)11-22-17-4-2-1-3-16(17)20-18(22)21-10-9-15(23)12-21/h1-8,15,23H,9-12H2/t15-/m1/s1. The number of aliphatic hydroxyl groups is 1. The summed E-state index contributed by atoms with van der Waals surface area (Å²) in [7, 11) is 0. The minimum atomic E-state index is -0.297. The molecule has 0 spiro atoms. The van der Waals surface area contributed by atoms with Gasteiger partial charge in [-0.2, -0.15) is 0 Å². The first kappa shape index (κ1) is 14.2. The quantitative estimate of drug-likeness (QED) is 0.809. The Hall–Kier alpha value is -2.40. The van der Waals surface area contributed by atoms with Gasteiger partial charge in [0.2, 0.25) is 5.95 Å². The molecule has 0 amide bonds. The smallest absolute Gasteiger partial charge is 0.206 e. The maximum atomic E-state index is 13.1. The highest BCUT2D eigenvalue weighted by Gasteiger charge is 2.25. The monoisotopic (exact) mass is 311 g/mol. The SMILES string of the molecule is O[C@@H]1CCN(c2nc3ccccc3n2Cc2ccc(F)cc2)C1. The number of hydrogen-bond donors (Lipinski definition) is 1. The van der Waals surface area contributed by atoms with E-state index in [1.54, 1.807) is 12.1 Å². The molecule has 3 aromatic rings. The molecule has 0 radical (unpaired) electrons. The lowest BCUT2D eigenvalue weighted by atomic mass is 10.2. The van der Waals surface area contributed by atoms with Crippen molar-refractivity contribution in [2.75, 3.05) is 18.0 Å². The fraction of sp³-hybridized carbons (Fsp3) is 0.278. The first-order valence-corrected chi connectivity index (χ1v) is 7.83. The Morgan fingerprint density at radius 2 is 1.91 bits per heavy atom. The first-order valence-electron chi connectivity index (χ1n) is 7.83. The third-order valence-corrected chi connectivity index (χ3v) is 4.33. The van der Waals surface area contributed by atoms with Gasteiger partial charge in [-0.25, -0.2) is 9.37 Å². The van der Waals surface area contributed by atoms with E-state index in [-0.39, 0.29) is 11.9 Å². The van der Waals surface area contributed by atoms with E-state index in [2.05, 4.69) is 9.47 Å². The molecular formula is C18H18FN3O. The summed E-state index contributed by atoms with van der Waals surface area (Å²) in [5.41, 5.74) is 3.01. The van der Waals surface area contributed by atoms with E-state index in [0.717, 1.165) is 35.5 Å². The average Bonchev–Trinajstić information content (AvgIpc) is 3.14. The van der Waals surface area contributed by atoms with E-state index in [1.165, 1.54) is 12.1 Å². The molecule has 1 N–H and O–H groups in total. The van der Waals surface area contributed by atoms with Crippen LogP contribution in [0.1, 0.15) is 12.0 Å². The summed E-state index contributed by atoms with van der Waals surface area (Å²) >= 11 is 0. The minimum Gasteiger partial charge on any atom is -0.391 e. The highest BCUT2D eigenvalue weighted by Crippen LogP contribution is 2.26. The fourth-order valence-corrected chi connectivity index (χ4v) is 3.16. The zero-order valence-corrected chi connectivity index (χ0v) is 12.7. The number of rotatable bonds is 3. The van der Waals surface area contributed by atoms with Crippen molar-refractivity contribution in [1.29, 1.82) is 0 Å². The molecule has 5 heteroatoms. The molecule has 2 heterocycles. The molecule has 1 aliphatic heterocycles. The molecule has 1 fully saturated rings. The van der Waals surface area contributed by atoms with Crippen LogP contribution in [0.15, 0.2) is 48.5 Å².